The van der Waals surface area contributed by atoms with E-state index in [0.29, 0.717) is 5.56 Å². The minimum atomic E-state index is -0.556. The number of nitrogens with zero attached hydrogens (tertiary/aromatic N) is 1. The maximum Gasteiger partial charge on any atom is 0.270 e. The number of amides is 1. The number of nitro benzene ring substituents is 1. The molecule has 0 aromatic heterocycles. The van der Waals surface area contributed by atoms with Crippen molar-refractivity contribution in [3.05, 3.63) is 63.2 Å². The van der Waals surface area contributed by atoms with E-state index in [1.54, 1.807) is 19.1 Å². The number of aryl methyl sites for hydroxylation is 2. The summed E-state index contributed by atoms with van der Waals surface area (Å²) in [4.78, 5) is 22.4. The first-order chi connectivity index (χ1) is 9.88. The van der Waals surface area contributed by atoms with Gasteiger partial charge in [0.15, 0.2) is 0 Å². The molecule has 0 fully saturated rings. The number of non-ortho nitro benzene ring substituents is 1. The summed E-state index contributed by atoms with van der Waals surface area (Å²) in [5.74, 6) is -0.554. The van der Waals surface area contributed by atoms with Gasteiger partial charge in [0.25, 0.3) is 11.6 Å². The van der Waals surface area contributed by atoms with Gasteiger partial charge >= 0.3 is 0 Å². The van der Waals surface area contributed by atoms with Crippen LogP contribution in [0, 0.1) is 24.0 Å². The molecule has 0 atom stereocenters. The second kappa shape index (κ2) is 5.62. The van der Waals surface area contributed by atoms with Crippen LogP contribution in [0.3, 0.4) is 0 Å². The fraction of sp³-hybridized carbons (Fsp3) is 0.133. The van der Waals surface area contributed by atoms with Crippen molar-refractivity contribution < 1.29 is 14.8 Å². The lowest BCUT2D eigenvalue weighted by atomic mass is 10.1. The predicted molar refractivity (Wildman–Crippen MR) is 78.6 cm³/mol. The summed E-state index contributed by atoms with van der Waals surface area (Å²) in [5.41, 5.74) is 1.78. The summed E-state index contributed by atoms with van der Waals surface area (Å²) in [6.07, 6.45) is 0. The Kier molecular flexibility index (Phi) is 3.89. The summed E-state index contributed by atoms with van der Waals surface area (Å²) in [6, 6.07) is 8.92. The van der Waals surface area contributed by atoms with E-state index in [4.69, 9.17) is 0 Å². The van der Waals surface area contributed by atoms with Crippen molar-refractivity contribution in [3.63, 3.8) is 0 Å². The molecule has 2 rings (SSSR count). The third kappa shape index (κ3) is 3.17. The lowest BCUT2D eigenvalue weighted by Gasteiger charge is -2.09. The maximum atomic E-state index is 12.2. The molecule has 6 nitrogen and oxygen atoms in total. The van der Waals surface area contributed by atoms with Crippen LogP contribution >= 0.6 is 0 Å². The molecule has 0 aliphatic heterocycles. The SMILES string of the molecule is Cc1ccc(NC(=O)c2cc([N+](=O)[O-])ccc2C)c(O)c1. The van der Waals surface area contributed by atoms with Crippen molar-refractivity contribution in [1.82, 2.24) is 0 Å². The van der Waals surface area contributed by atoms with Gasteiger partial charge < -0.3 is 10.4 Å². The Balaban J connectivity index is 2.32. The molecule has 1 amide bonds. The molecule has 0 aliphatic carbocycles. The van der Waals surface area contributed by atoms with Gasteiger partial charge in [0.1, 0.15) is 5.75 Å². The van der Waals surface area contributed by atoms with E-state index in [1.165, 1.54) is 24.3 Å². The van der Waals surface area contributed by atoms with Crippen LogP contribution in [0.5, 0.6) is 5.75 Å². The Hall–Kier alpha value is -2.89. The number of hydrogen-bond acceptors (Lipinski definition) is 4. The van der Waals surface area contributed by atoms with Gasteiger partial charge in [-0.3, -0.25) is 14.9 Å². The monoisotopic (exact) mass is 286 g/mol. The van der Waals surface area contributed by atoms with E-state index in [0.717, 1.165) is 5.56 Å². The minimum absolute atomic E-state index is 0.0496. The van der Waals surface area contributed by atoms with Crippen molar-refractivity contribution in [2.24, 2.45) is 0 Å². The van der Waals surface area contributed by atoms with E-state index in [1.807, 2.05) is 6.92 Å². The molecule has 0 heterocycles. The number of nitrogens with one attached hydrogen (secondary N) is 1. The highest BCUT2D eigenvalue weighted by atomic mass is 16.6. The first kappa shape index (κ1) is 14.5. The topological polar surface area (TPSA) is 92.5 Å². The molecule has 108 valence electrons. The van der Waals surface area contributed by atoms with E-state index in [-0.39, 0.29) is 22.7 Å². The number of hydrogen-bond donors (Lipinski definition) is 2. The van der Waals surface area contributed by atoms with Crippen molar-refractivity contribution in [3.8, 4) is 5.75 Å². The number of aromatic hydroxyl groups is 1. The number of carbonyl (C=O) groups excluding carboxylic acids is 1. The van der Waals surface area contributed by atoms with Gasteiger partial charge in [-0.2, -0.15) is 0 Å². The third-order valence-electron chi connectivity index (χ3n) is 3.08. The number of phenols is 1. The number of phenolic OH excluding ortho intramolecular Hbond substituents is 1. The molecule has 0 bridgehead atoms. The number of anilines is 1. The quantitative estimate of drug-likeness (QED) is 0.515. The van der Waals surface area contributed by atoms with Crippen molar-refractivity contribution >= 4 is 17.3 Å². The van der Waals surface area contributed by atoms with Crippen LogP contribution < -0.4 is 5.32 Å². The first-order valence-electron chi connectivity index (χ1n) is 6.24. The predicted octanol–water partition coefficient (Wildman–Crippen LogP) is 3.17. The Bertz CT molecular complexity index is 726. The van der Waals surface area contributed by atoms with E-state index in [2.05, 4.69) is 5.32 Å². The molecule has 0 unspecified atom stereocenters. The van der Waals surface area contributed by atoms with Crippen LogP contribution in [-0.4, -0.2) is 15.9 Å². The minimum Gasteiger partial charge on any atom is -0.506 e. The van der Waals surface area contributed by atoms with Gasteiger partial charge in [-0.15, -0.1) is 0 Å². The standard InChI is InChI=1S/C15H14N2O4/c1-9-3-6-13(14(18)7-9)16-15(19)12-8-11(17(20)21)5-4-10(12)2/h3-8,18H,1-2H3,(H,16,19). The van der Waals surface area contributed by atoms with E-state index >= 15 is 0 Å². The molecule has 0 saturated carbocycles. The second-order valence-electron chi connectivity index (χ2n) is 4.73. The zero-order valence-corrected chi connectivity index (χ0v) is 11.6. The number of rotatable bonds is 3. The lowest BCUT2D eigenvalue weighted by Crippen LogP contribution is -2.13. The van der Waals surface area contributed by atoms with Crippen molar-refractivity contribution in [2.75, 3.05) is 5.32 Å². The molecular formula is C15H14N2O4. The van der Waals surface area contributed by atoms with Crippen LogP contribution in [0.15, 0.2) is 36.4 Å². The molecule has 0 spiro atoms. The molecular weight excluding hydrogens is 272 g/mol. The second-order valence-corrected chi connectivity index (χ2v) is 4.73. The maximum absolute atomic E-state index is 12.2. The van der Waals surface area contributed by atoms with Crippen LogP contribution in [0.25, 0.3) is 0 Å². The molecule has 6 heteroatoms. The Morgan fingerprint density at radius 3 is 2.52 bits per heavy atom. The number of benzene rings is 2. The lowest BCUT2D eigenvalue weighted by molar-refractivity contribution is -0.384. The summed E-state index contributed by atoms with van der Waals surface area (Å²) in [7, 11) is 0. The molecule has 0 aliphatic rings. The van der Waals surface area contributed by atoms with Crippen LogP contribution in [0.2, 0.25) is 0 Å². The fourth-order valence-corrected chi connectivity index (χ4v) is 1.91. The Labute approximate surface area is 121 Å². The normalized spacial score (nSPS) is 10.2. The highest BCUT2D eigenvalue weighted by Gasteiger charge is 2.15. The highest BCUT2D eigenvalue weighted by Crippen LogP contribution is 2.25. The van der Waals surface area contributed by atoms with Gasteiger partial charge in [-0.25, -0.2) is 0 Å². The number of carbonyl (C=O) groups is 1. The fourth-order valence-electron chi connectivity index (χ4n) is 1.91. The summed E-state index contributed by atoms with van der Waals surface area (Å²) < 4.78 is 0. The van der Waals surface area contributed by atoms with E-state index in [9.17, 15) is 20.0 Å². The smallest absolute Gasteiger partial charge is 0.270 e. The largest absolute Gasteiger partial charge is 0.506 e. The third-order valence-corrected chi connectivity index (χ3v) is 3.08. The molecule has 0 radical (unpaired) electrons. The Morgan fingerprint density at radius 1 is 1.19 bits per heavy atom. The Morgan fingerprint density at radius 2 is 1.90 bits per heavy atom. The molecule has 2 aromatic carbocycles. The molecule has 21 heavy (non-hydrogen) atoms. The zero-order valence-electron chi connectivity index (χ0n) is 11.6. The van der Waals surface area contributed by atoms with E-state index < -0.39 is 10.8 Å². The van der Waals surface area contributed by atoms with Crippen molar-refractivity contribution in [1.29, 1.82) is 0 Å². The summed E-state index contributed by atoms with van der Waals surface area (Å²) in [5, 5.41) is 23.1. The van der Waals surface area contributed by atoms with Gasteiger partial charge in [0.2, 0.25) is 0 Å². The zero-order chi connectivity index (χ0) is 15.6. The van der Waals surface area contributed by atoms with Gasteiger partial charge in [0.05, 0.1) is 10.6 Å². The van der Waals surface area contributed by atoms with Crippen molar-refractivity contribution in [2.45, 2.75) is 13.8 Å². The van der Waals surface area contributed by atoms with Crippen LogP contribution in [-0.2, 0) is 0 Å². The highest BCUT2D eigenvalue weighted by molar-refractivity contribution is 6.06. The van der Waals surface area contributed by atoms with Gasteiger partial charge in [-0.1, -0.05) is 12.1 Å². The van der Waals surface area contributed by atoms with Gasteiger partial charge in [0, 0.05) is 17.7 Å². The molecule has 2 N–H and O–H groups in total. The average Bonchev–Trinajstić information content (AvgIpc) is 2.42. The average molecular weight is 286 g/mol. The van der Waals surface area contributed by atoms with Crippen LogP contribution in [0.4, 0.5) is 11.4 Å². The summed E-state index contributed by atoms with van der Waals surface area (Å²) in [6.45, 7) is 3.50. The molecule has 0 saturated heterocycles. The first-order valence-corrected chi connectivity index (χ1v) is 6.24. The summed E-state index contributed by atoms with van der Waals surface area (Å²) >= 11 is 0. The molecule has 2 aromatic rings. The van der Waals surface area contributed by atoms with Crippen LogP contribution in [0.1, 0.15) is 21.5 Å². The number of nitro groups is 1. The van der Waals surface area contributed by atoms with Gasteiger partial charge in [-0.05, 0) is 37.1 Å².